The number of aromatic nitrogens is 1. The van der Waals surface area contributed by atoms with Gasteiger partial charge in [-0.15, -0.1) is 11.3 Å². The molecule has 2 aromatic rings. The van der Waals surface area contributed by atoms with E-state index in [0.29, 0.717) is 16.2 Å². The molecule has 25 heavy (non-hydrogen) atoms. The SMILES string of the molecule is Cc1nc(C(F)(F)F)c(N(C=O)c2c(Br)cc(Br)c([N+](=O)[O-])c2Br)s1. The van der Waals surface area contributed by atoms with Gasteiger partial charge >= 0.3 is 6.18 Å². The Bertz CT molecular complexity index is 873. The Morgan fingerprint density at radius 2 is 1.92 bits per heavy atom. The van der Waals surface area contributed by atoms with Gasteiger partial charge in [0, 0.05) is 4.47 Å². The number of carbonyl (C=O) groups excluding carboxylic acids is 1. The molecule has 0 bridgehead atoms. The lowest BCUT2D eigenvalue weighted by molar-refractivity contribution is -0.386. The van der Waals surface area contributed by atoms with Gasteiger partial charge in [0.2, 0.25) is 6.41 Å². The highest BCUT2D eigenvalue weighted by Crippen LogP contribution is 2.49. The van der Waals surface area contributed by atoms with E-state index in [0.717, 1.165) is 0 Å². The lowest BCUT2D eigenvalue weighted by Gasteiger charge is -2.20. The van der Waals surface area contributed by atoms with Gasteiger partial charge in [-0.25, -0.2) is 4.98 Å². The molecular weight excluding hydrogens is 563 g/mol. The zero-order chi connectivity index (χ0) is 19.1. The second-order valence-corrected chi connectivity index (χ2v) is 8.15. The van der Waals surface area contributed by atoms with Crippen molar-refractivity contribution in [1.82, 2.24) is 4.98 Å². The predicted molar refractivity (Wildman–Crippen MR) is 96.3 cm³/mol. The Kier molecular flexibility index (Phi) is 5.91. The first-order chi connectivity index (χ1) is 11.5. The fourth-order valence-corrected chi connectivity index (χ4v) is 5.62. The number of thiazole rings is 1. The molecule has 0 spiro atoms. The number of hydrogen-bond acceptors (Lipinski definition) is 5. The van der Waals surface area contributed by atoms with Gasteiger partial charge in [-0.05, 0) is 60.8 Å². The molecule has 0 aliphatic carbocycles. The van der Waals surface area contributed by atoms with Crippen LogP contribution in [0.1, 0.15) is 10.7 Å². The van der Waals surface area contributed by atoms with Crippen molar-refractivity contribution in [2.24, 2.45) is 0 Å². The summed E-state index contributed by atoms with van der Waals surface area (Å²) in [5, 5.41) is 10.8. The molecule has 0 atom stereocenters. The minimum Gasteiger partial charge on any atom is -0.278 e. The molecule has 1 amide bonds. The Hall–Kier alpha value is -1.05. The number of nitro groups is 1. The standard InChI is InChI=1S/C12H5Br3F3N3O3S/c1-4-19-10(12(16,17)18)11(25-4)20(3-22)8-5(13)2-6(14)9(7(8)15)21(23)24/h2-3H,1H3. The molecule has 134 valence electrons. The predicted octanol–water partition coefficient (Wildman–Crippen LogP) is 5.96. The minimum absolute atomic E-state index is 0.0855. The number of nitrogens with zero attached hydrogens (tertiary/aromatic N) is 3. The van der Waals surface area contributed by atoms with Crippen LogP contribution in [0.25, 0.3) is 0 Å². The number of hydrogen-bond donors (Lipinski definition) is 0. The van der Waals surface area contributed by atoms with Crippen LogP contribution >= 0.6 is 59.1 Å². The third-order valence-electron chi connectivity index (χ3n) is 2.85. The summed E-state index contributed by atoms with van der Waals surface area (Å²) in [6.07, 6.45) is -4.65. The van der Waals surface area contributed by atoms with Crippen molar-refractivity contribution in [3.63, 3.8) is 0 Å². The maximum absolute atomic E-state index is 13.2. The average molecular weight is 568 g/mol. The molecule has 6 nitrogen and oxygen atoms in total. The normalized spacial score (nSPS) is 11.5. The summed E-state index contributed by atoms with van der Waals surface area (Å²) in [4.78, 5) is 26.2. The first-order valence-corrected chi connectivity index (χ1v) is 9.29. The summed E-state index contributed by atoms with van der Waals surface area (Å²) >= 11 is 9.78. The van der Waals surface area contributed by atoms with Crippen LogP contribution in [0.4, 0.5) is 29.5 Å². The van der Waals surface area contributed by atoms with Crippen LogP contribution in [0.5, 0.6) is 0 Å². The molecule has 0 aliphatic rings. The number of anilines is 2. The van der Waals surface area contributed by atoms with Gasteiger partial charge in [0.05, 0.1) is 20.1 Å². The van der Waals surface area contributed by atoms with Crippen LogP contribution in [0.3, 0.4) is 0 Å². The third-order valence-corrected chi connectivity index (χ3v) is 5.78. The van der Waals surface area contributed by atoms with Gasteiger partial charge in [0.25, 0.3) is 5.69 Å². The van der Waals surface area contributed by atoms with Crippen LogP contribution in [-0.2, 0) is 11.0 Å². The van der Waals surface area contributed by atoms with E-state index in [1.165, 1.54) is 13.0 Å². The van der Waals surface area contributed by atoms with Crippen molar-refractivity contribution in [3.8, 4) is 0 Å². The number of halogens is 6. The maximum atomic E-state index is 13.2. The quantitative estimate of drug-likeness (QED) is 0.259. The van der Waals surface area contributed by atoms with Gasteiger partial charge in [-0.2, -0.15) is 13.2 Å². The molecule has 2 rings (SSSR count). The van der Waals surface area contributed by atoms with Crippen molar-refractivity contribution in [2.45, 2.75) is 13.1 Å². The third kappa shape index (κ3) is 3.88. The van der Waals surface area contributed by atoms with E-state index in [9.17, 15) is 28.1 Å². The molecule has 1 aromatic heterocycles. The fourth-order valence-electron chi connectivity index (χ4n) is 1.92. The van der Waals surface area contributed by atoms with E-state index in [1.807, 2.05) is 0 Å². The minimum atomic E-state index is -4.79. The van der Waals surface area contributed by atoms with Crippen LogP contribution < -0.4 is 4.90 Å². The first kappa shape index (κ1) is 20.3. The molecule has 1 heterocycles. The first-order valence-electron chi connectivity index (χ1n) is 6.10. The molecule has 0 saturated heterocycles. The second kappa shape index (κ2) is 7.29. The van der Waals surface area contributed by atoms with E-state index in [-0.39, 0.29) is 30.5 Å². The van der Waals surface area contributed by atoms with E-state index in [4.69, 9.17) is 0 Å². The van der Waals surface area contributed by atoms with Crippen molar-refractivity contribution in [2.75, 3.05) is 4.90 Å². The van der Waals surface area contributed by atoms with Gasteiger partial charge in [-0.1, -0.05) is 0 Å². The molecule has 0 N–H and O–H groups in total. The Morgan fingerprint density at radius 1 is 1.32 bits per heavy atom. The van der Waals surface area contributed by atoms with Crippen LogP contribution in [-0.4, -0.2) is 16.3 Å². The van der Waals surface area contributed by atoms with Crippen molar-refractivity contribution < 1.29 is 22.9 Å². The van der Waals surface area contributed by atoms with Crippen molar-refractivity contribution in [3.05, 3.63) is 40.3 Å². The molecule has 0 aliphatic heterocycles. The van der Waals surface area contributed by atoms with Crippen molar-refractivity contribution in [1.29, 1.82) is 0 Å². The highest BCUT2D eigenvalue weighted by Gasteiger charge is 2.40. The molecule has 13 heteroatoms. The molecule has 1 aromatic carbocycles. The van der Waals surface area contributed by atoms with E-state index < -0.39 is 27.5 Å². The number of benzene rings is 1. The van der Waals surface area contributed by atoms with Crippen molar-refractivity contribution >= 4 is 81.9 Å². The molecule has 0 unspecified atom stereocenters. The zero-order valence-electron chi connectivity index (χ0n) is 11.9. The number of nitro benzene ring substituents is 1. The van der Waals surface area contributed by atoms with Crippen LogP contribution in [0.2, 0.25) is 0 Å². The number of alkyl halides is 3. The van der Waals surface area contributed by atoms with E-state index >= 15 is 0 Å². The Morgan fingerprint density at radius 3 is 2.40 bits per heavy atom. The Labute approximate surface area is 167 Å². The van der Waals surface area contributed by atoms with E-state index in [1.54, 1.807) is 0 Å². The maximum Gasteiger partial charge on any atom is 0.436 e. The lowest BCUT2D eigenvalue weighted by atomic mass is 10.2. The summed E-state index contributed by atoms with van der Waals surface area (Å²) in [6.45, 7) is 1.36. The van der Waals surface area contributed by atoms with E-state index in [2.05, 4.69) is 52.8 Å². The molecule has 0 saturated carbocycles. The molecular formula is C12H5Br3F3N3O3S. The van der Waals surface area contributed by atoms with Crippen LogP contribution in [0.15, 0.2) is 19.5 Å². The number of carbonyl (C=O) groups is 1. The van der Waals surface area contributed by atoms with Gasteiger partial charge in [0.1, 0.15) is 9.47 Å². The van der Waals surface area contributed by atoms with Crippen LogP contribution in [0, 0.1) is 17.0 Å². The zero-order valence-corrected chi connectivity index (χ0v) is 17.5. The number of amides is 1. The monoisotopic (exact) mass is 565 g/mol. The average Bonchev–Trinajstić information content (AvgIpc) is 2.84. The summed E-state index contributed by atoms with van der Waals surface area (Å²) in [7, 11) is 0. The summed E-state index contributed by atoms with van der Waals surface area (Å²) < 4.78 is 39.7. The molecule has 0 fully saturated rings. The number of rotatable bonds is 4. The second-order valence-electron chi connectivity index (χ2n) is 4.47. The van der Waals surface area contributed by atoms with Gasteiger partial charge in [-0.3, -0.25) is 19.8 Å². The Balaban J connectivity index is 2.79. The summed E-state index contributed by atoms with van der Waals surface area (Å²) in [6, 6.07) is 1.27. The smallest absolute Gasteiger partial charge is 0.278 e. The highest BCUT2D eigenvalue weighted by molar-refractivity contribution is 9.11. The molecule has 0 radical (unpaired) electrons. The largest absolute Gasteiger partial charge is 0.436 e. The number of aryl methyl sites for hydroxylation is 1. The summed E-state index contributed by atoms with van der Waals surface area (Å²) in [5.74, 6) is 0. The summed E-state index contributed by atoms with van der Waals surface area (Å²) in [5.41, 5.74) is -1.81. The van der Waals surface area contributed by atoms with Gasteiger partial charge in [0.15, 0.2) is 5.69 Å². The lowest BCUT2D eigenvalue weighted by Crippen LogP contribution is -2.19. The highest BCUT2D eigenvalue weighted by atomic mass is 79.9. The fraction of sp³-hybridized carbons (Fsp3) is 0.167. The topological polar surface area (TPSA) is 76.3 Å². The van der Waals surface area contributed by atoms with Gasteiger partial charge < -0.3 is 0 Å².